The maximum Gasteiger partial charge on any atom is 0.411 e. The lowest BCUT2D eigenvalue weighted by Crippen LogP contribution is -2.37. The largest absolute Gasteiger partial charge is 0.444 e. The normalized spacial score (nSPS) is 18.2. The van der Waals surface area contributed by atoms with Gasteiger partial charge in [0.05, 0.1) is 24.1 Å². The molecule has 2 amide bonds. The van der Waals surface area contributed by atoms with E-state index in [0.29, 0.717) is 24.6 Å². The van der Waals surface area contributed by atoms with Crippen molar-refractivity contribution in [3.63, 3.8) is 0 Å². The van der Waals surface area contributed by atoms with Gasteiger partial charge < -0.3 is 19.4 Å². The summed E-state index contributed by atoms with van der Waals surface area (Å²) in [4.78, 5) is 45.0. The van der Waals surface area contributed by atoms with Gasteiger partial charge in [-0.1, -0.05) is 35.8 Å². The molecule has 1 fully saturated rings. The molecule has 4 aromatic rings. The summed E-state index contributed by atoms with van der Waals surface area (Å²) in [5.74, 6) is 7.85. The van der Waals surface area contributed by atoms with Gasteiger partial charge in [0.15, 0.2) is 0 Å². The van der Waals surface area contributed by atoms with E-state index >= 15 is 0 Å². The molecular weight excluding hydrogens is 592 g/mol. The van der Waals surface area contributed by atoms with Gasteiger partial charge in [-0.25, -0.2) is 19.6 Å². The monoisotopic (exact) mass is 634 g/mol. The van der Waals surface area contributed by atoms with E-state index in [9.17, 15) is 9.59 Å². The van der Waals surface area contributed by atoms with Crippen molar-refractivity contribution in [3.05, 3.63) is 83.3 Å². The molecule has 10 heteroatoms. The number of nitrogens with one attached hydrogen (secondary N) is 2. The third-order valence-corrected chi connectivity index (χ3v) is 7.99. The Balaban J connectivity index is 1.15. The Morgan fingerprint density at radius 1 is 0.851 bits per heavy atom. The van der Waals surface area contributed by atoms with Crippen LogP contribution < -0.4 is 0 Å². The molecule has 0 bridgehead atoms. The Morgan fingerprint density at radius 3 is 2.28 bits per heavy atom. The Bertz CT molecular complexity index is 1910. The highest BCUT2D eigenvalue weighted by molar-refractivity contribution is 5.88. The fourth-order valence-corrected chi connectivity index (χ4v) is 5.93. The molecule has 10 nitrogen and oxygen atoms in total. The smallest absolute Gasteiger partial charge is 0.411 e. The fraction of sp³-hybridized carbons (Fsp3) is 0.405. The van der Waals surface area contributed by atoms with E-state index in [0.717, 1.165) is 51.8 Å². The highest BCUT2D eigenvalue weighted by Gasteiger charge is 2.35. The molecule has 2 aromatic carbocycles. The minimum atomic E-state index is -0.576. The number of imidazole rings is 2. The molecule has 1 saturated heterocycles. The molecule has 2 atom stereocenters. The van der Waals surface area contributed by atoms with Gasteiger partial charge in [-0.15, -0.1) is 0 Å². The molecule has 2 aliphatic heterocycles. The van der Waals surface area contributed by atoms with E-state index in [1.807, 2.05) is 66.8 Å². The highest BCUT2D eigenvalue weighted by Crippen LogP contribution is 2.33. The molecule has 0 spiro atoms. The summed E-state index contributed by atoms with van der Waals surface area (Å²) in [6.45, 7) is 14.4. The van der Waals surface area contributed by atoms with Crippen LogP contribution in [0.2, 0.25) is 0 Å². The van der Waals surface area contributed by atoms with E-state index in [2.05, 4.69) is 62.1 Å². The molecule has 0 radical (unpaired) electrons. The Hall–Kier alpha value is -5.04. The number of benzene rings is 2. The van der Waals surface area contributed by atoms with Crippen LogP contribution >= 0.6 is 0 Å². The Labute approximate surface area is 275 Å². The van der Waals surface area contributed by atoms with Crippen molar-refractivity contribution in [2.75, 3.05) is 13.1 Å². The number of aromatic nitrogens is 4. The van der Waals surface area contributed by atoms with E-state index in [4.69, 9.17) is 9.47 Å². The lowest BCUT2D eigenvalue weighted by molar-refractivity contribution is 0.0213. The first-order valence-electron chi connectivity index (χ1n) is 16.0. The number of carbonyl (C=O) groups excluding carboxylic acids is 2. The molecular formula is C37H42N6O4. The average Bonchev–Trinajstić information content (AvgIpc) is 3.80. The molecule has 4 heterocycles. The van der Waals surface area contributed by atoms with Gasteiger partial charge in [-0.2, -0.15) is 0 Å². The number of aromatic amines is 2. The van der Waals surface area contributed by atoms with Gasteiger partial charge in [0.25, 0.3) is 0 Å². The minimum Gasteiger partial charge on any atom is -0.444 e. The van der Waals surface area contributed by atoms with Gasteiger partial charge in [-0.05, 0) is 96.2 Å². The van der Waals surface area contributed by atoms with Crippen LogP contribution in [0.15, 0.2) is 60.4 Å². The van der Waals surface area contributed by atoms with Crippen LogP contribution in [0.4, 0.5) is 9.59 Å². The van der Waals surface area contributed by atoms with Gasteiger partial charge in [-0.3, -0.25) is 9.80 Å². The number of rotatable bonds is 3. The first-order chi connectivity index (χ1) is 22.2. The number of nitrogens with zero attached hydrogens (tertiary/aromatic N) is 4. The van der Waals surface area contributed by atoms with Crippen LogP contribution in [0.3, 0.4) is 0 Å². The van der Waals surface area contributed by atoms with Crippen molar-refractivity contribution in [2.45, 2.75) is 84.6 Å². The zero-order valence-electron chi connectivity index (χ0n) is 28.1. The lowest BCUT2D eigenvalue weighted by atomic mass is 10.0. The van der Waals surface area contributed by atoms with Gasteiger partial charge in [0.2, 0.25) is 0 Å². The molecule has 0 aliphatic carbocycles. The summed E-state index contributed by atoms with van der Waals surface area (Å²) in [7, 11) is 0. The SMILES string of the molecule is CC1=CC(c2ncc(-c3ccc4cc(C#Cc5cnc(C6CCCN6C(=O)OC(C)(C)C)[nH]5)ccc4c3)[nH]2)N(C(=O)OC(C)(C)C)C1. The van der Waals surface area contributed by atoms with Crippen molar-refractivity contribution in [1.29, 1.82) is 0 Å². The second-order valence-electron chi connectivity index (χ2n) is 14.3. The van der Waals surface area contributed by atoms with E-state index < -0.39 is 11.2 Å². The summed E-state index contributed by atoms with van der Waals surface area (Å²) in [5, 5.41) is 2.14. The second kappa shape index (κ2) is 12.3. The quantitative estimate of drug-likeness (QED) is 0.177. The van der Waals surface area contributed by atoms with Gasteiger partial charge >= 0.3 is 12.2 Å². The molecule has 2 aromatic heterocycles. The van der Waals surface area contributed by atoms with Crippen molar-refractivity contribution >= 4 is 23.0 Å². The van der Waals surface area contributed by atoms with Crippen LogP contribution in [-0.4, -0.2) is 66.2 Å². The van der Waals surface area contributed by atoms with Crippen LogP contribution in [0.5, 0.6) is 0 Å². The maximum atomic E-state index is 12.9. The number of amides is 2. The zero-order chi connectivity index (χ0) is 33.5. The third-order valence-electron chi connectivity index (χ3n) is 7.99. The van der Waals surface area contributed by atoms with Crippen molar-refractivity contribution in [1.82, 2.24) is 29.7 Å². The molecule has 2 aliphatic rings. The van der Waals surface area contributed by atoms with Crippen LogP contribution in [0.1, 0.15) is 96.3 Å². The number of hydrogen-bond acceptors (Lipinski definition) is 6. The number of H-pyrrole nitrogens is 2. The lowest BCUT2D eigenvalue weighted by Gasteiger charge is -2.27. The fourth-order valence-electron chi connectivity index (χ4n) is 5.93. The summed E-state index contributed by atoms with van der Waals surface area (Å²) in [6, 6.07) is 11.9. The number of hydrogen-bond donors (Lipinski definition) is 2. The van der Waals surface area contributed by atoms with Gasteiger partial charge in [0, 0.05) is 24.2 Å². The molecule has 2 unspecified atom stereocenters. The van der Waals surface area contributed by atoms with Crippen LogP contribution in [0.25, 0.3) is 22.0 Å². The summed E-state index contributed by atoms with van der Waals surface area (Å²) >= 11 is 0. The average molecular weight is 635 g/mol. The van der Waals surface area contributed by atoms with Crippen LogP contribution in [0, 0.1) is 11.8 Å². The van der Waals surface area contributed by atoms with E-state index in [-0.39, 0.29) is 24.3 Å². The third kappa shape index (κ3) is 7.35. The first-order valence-corrected chi connectivity index (χ1v) is 16.0. The van der Waals surface area contributed by atoms with E-state index in [1.54, 1.807) is 16.0 Å². The molecule has 0 saturated carbocycles. The van der Waals surface area contributed by atoms with Crippen molar-refractivity contribution in [2.24, 2.45) is 0 Å². The Morgan fingerprint density at radius 2 is 1.53 bits per heavy atom. The van der Waals surface area contributed by atoms with E-state index in [1.165, 1.54) is 0 Å². The number of ether oxygens (including phenoxy) is 2. The van der Waals surface area contributed by atoms with Crippen LogP contribution in [-0.2, 0) is 9.47 Å². The summed E-state index contributed by atoms with van der Waals surface area (Å²) < 4.78 is 11.2. The predicted octanol–water partition coefficient (Wildman–Crippen LogP) is 7.66. The summed E-state index contributed by atoms with van der Waals surface area (Å²) in [5.41, 5.74) is 3.41. The Kier molecular flexibility index (Phi) is 8.35. The standard InChI is InChI=1S/C37H42N6O4/c1-23-17-31(43(22-23)35(45)47-37(5,6)7)33-39-21-29(41-33)27-14-13-25-18-24(10-12-26(25)19-27)11-15-28-20-38-32(40-28)30-9-8-16-42(30)34(44)46-36(2,3)4/h10,12-14,17-21,30-31H,8-9,16,22H2,1-7H3,(H,38,40)(H,39,41). The number of likely N-dealkylation sites (tertiary alicyclic amines) is 1. The molecule has 6 rings (SSSR count). The summed E-state index contributed by atoms with van der Waals surface area (Å²) in [6.07, 6.45) is 6.63. The maximum absolute atomic E-state index is 12.9. The van der Waals surface area contributed by atoms with Crippen molar-refractivity contribution < 1.29 is 19.1 Å². The molecule has 47 heavy (non-hydrogen) atoms. The predicted molar refractivity (Wildman–Crippen MR) is 180 cm³/mol. The number of carbonyl (C=O) groups is 2. The zero-order valence-corrected chi connectivity index (χ0v) is 28.1. The second-order valence-corrected chi connectivity index (χ2v) is 14.3. The van der Waals surface area contributed by atoms with Crippen molar-refractivity contribution in [3.8, 4) is 23.1 Å². The first kappa shape index (κ1) is 31.9. The number of fused-ring (bicyclic) bond motifs is 1. The molecule has 2 N–H and O–H groups in total. The highest BCUT2D eigenvalue weighted by atomic mass is 16.6. The topological polar surface area (TPSA) is 116 Å². The molecule has 244 valence electrons. The van der Waals surface area contributed by atoms with Gasteiger partial charge in [0.1, 0.15) is 34.6 Å². The minimum absolute atomic E-state index is 0.149.